The van der Waals surface area contributed by atoms with E-state index in [2.05, 4.69) is 0 Å². The fourth-order valence-electron chi connectivity index (χ4n) is 2.89. The lowest BCUT2D eigenvalue weighted by molar-refractivity contribution is -0.146. The van der Waals surface area contributed by atoms with Crippen LogP contribution >= 0.6 is 0 Å². The number of nitrogens with zero attached hydrogens (tertiary/aromatic N) is 2. The first-order valence-corrected chi connectivity index (χ1v) is 6.97. The molecule has 2 fully saturated rings. The summed E-state index contributed by atoms with van der Waals surface area (Å²) in [5.74, 6) is 0.195. The van der Waals surface area contributed by atoms with Crippen LogP contribution in [-0.4, -0.2) is 53.3 Å². The monoisotopic (exact) mass is 253 g/mol. The standard InChI is InChI=1S/C13H23N3O2/c1-2-12(17)16-7-4-3-5-11(16)13(18)15-8-6-10(14)9-15/h10-11H,2-9,14H2,1H3/t10-,11?/m1/s1. The summed E-state index contributed by atoms with van der Waals surface area (Å²) in [4.78, 5) is 27.9. The molecule has 2 aliphatic heterocycles. The Morgan fingerprint density at radius 3 is 2.61 bits per heavy atom. The highest BCUT2D eigenvalue weighted by atomic mass is 16.2. The van der Waals surface area contributed by atoms with Crippen molar-refractivity contribution >= 4 is 11.8 Å². The van der Waals surface area contributed by atoms with Crippen molar-refractivity contribution in [3.05, 3.63) is 0 Å². The molecule has 2 N–H and O–H groups in total. The summed E-state index contributed by atoms with van der Waals surface area (Å²) in [6.07, 6.45) is 4.19. The second-order valence-electron chi connectivity index (χ2n) is 5.29. The van der Waals surface area contributed by atoms with Gasteiger partial charge in [-0.25, -0.2) is 0 Å². The molecule has 2 atom stereocenters. The number of carbonyl (C=O) groups excluding carboxylic acids is 2. The maximum atomic E-state index is 12.5. The first-order chi connectivity index (χ1) is 8.63. The molecule has 2 aliphatic rings. The van der Waals surface area contributed by atoms with Crippen molar-refractivity contribution < 1.29 is 9.59 Å². The third kappa shape index (κ3) is 2.66. The summed E-state index contributed by atoms with van der Waals surface area (Å²) in [6, 6.07) is -0.135. The van der Waals surface area contributed by atoms with E-state index in [0.29, 0.717) is 13.0 Å². The van der Waals surface area contributed by atoms with Gasteiger partial charge >= 0.3 is 0 Å². The summed E-state index contributed by atoms with van der Waals surface area (Å²) in [7, 11) is 0. The molecule has 0 aliphatic carbocycles. The van der Waals surface area contributed by atoms with Gasteiger partial charge in [0.05, 0.1) is 0 Å². The molecule has 5 heteroatoms. The maximum Gasteiger partial charge on any atom is 0.245 e. The Morgan fingerprint density at radius 1 is 1.22 bits per heavy atom. The zero-order valence-electron chi connectivity index (χ0n) is 11.1. The van der Waals surface area contributed by atoms with Gasteiger partial charge in [-0.2, -0.15) is 0 Å². The van der Waals surface area contributed by atoms with Crippen LogP contribution in [0, 0.1) is 0 Å². The average molecular weight is 253 g/mol. The topological polar surface area (TPSA) is 66.6 Å². The van der Waals surface area contributed by atoms with E-state index in [1.165, 1.54) is 0 Å². The van der Waals surface area contributed by atoms with E-state index in [4.69, 9.17) is 5.73 Å². The van der Waals surface area contributed by atoms with Crippen LogP contribution in [0.3, 0.4) is 0 Å². The highest BCUT2D eigenvalue weighted by molar-refractivity contribution is 5.88. The smallest absolute Gasteiger partial charge is 0.245 e. The Labute approximate surface area is 108 Å². The lowest BCUT2D eigenvalue weighted by Gasteiger charge is -2.36. The lowest BCUT2D eigenvalue weighted by atomic mass is 10.0. The number of piperidine rings is 1. The summed E-state index contributed by atoms with van der Waals surface area (Å²) in [6.45, 7) is 3.96. The third-order valence-corrected chi connectivity index (χ3v) is 3.95. The number of hydrogen-bond donors (Lipinski definition) is 1. The Hall–Kier alpha value is -1.10. The number of rotatable bonds is 2. The maximum absolute atomic E-state index is 12.5. The Bertz CT molecular complexity index is 332. The fraction of sp³-hybridized carbons (Fsp3) is 0.846. The van der Waals surface area contributed by atoms with E-state index in [1.54, 1.807) is 4.90 Å². The minimum atomic E-state index is -0.239. The van der Waals surface area contributed by atoms with Gasteiger partial charge in [0.15, 0.2) is 0 Å². The van der Waals surface area contributed by atoms with Crippen LogP contribution in [0.5, 0.6) is 0 Å². The number of likely N-dealkylation sites (tertiary alicyclic amines) is 2. The number of hydrogen-bond acceptors (Lipinski definition) is 3. The molecule has 2 heterocycles. The zero-order valence-corrected chi connectivity index (χ0v) is 11.1. The second-order valence-corrected chi connectivity index (χ2v) is 5.29. The molecule has 0 aromatic rings. The highest BCUT2D eigenvalue weighted by Gasteiger charge is 2.36. The van der Waals surface area contributed by atoms with Crippen molar-refractivity contribution in [1.82, 2.24) is 9.80 Å². The van der Waals surface area contributed by atoms with Crippen LogP contribution in [0.1, 0.15) is 39.0 Å². The van der Waals surface area contributed by atoms with E-state index in [9.17, 15) is 9.59 Å². The van der Waals surface area contributed by atoms with Crippen molar-refractivity contribution in [3.8, 4) is 0 Å². The molecule has 0 bridgehead atoms. The summed E-state index contributed by atoms with van der Waals surface area (Å²) in [5, 5.41) is 0. The summed E-state index contributed by atoms with van der Waals surface area (Å²) < 4.78 is 0. The first-order valence-electron chi connectivity index (χ1n) is 6.97. The molecule has 1 unspecified atom stereocenters. The van der Waals surface area contributed by atoms with Gasteiger partial charge in [0.25, 0.3) is 0 Å². The van der Waals surface area contributed by atoms with E-state index in [-0.39, 0.29) is 23.9 Å². The molecule has 2 amide bonds. The predicted octanol–water partition coefficient (Wildman–Crippen LogP) is 0.337. The molecule has 0 spiro atoms. The van der Waals surface area contributed by atoms with Gasteiger partial charge in [-0.05, 0) is 25.7 Å². The first kappa shape index (κ1) is 13.3. The normalized spacial score (nSPS) is 28.6. The molecule has 2 rings (SSSR count). The molecule has 5 nitrogen and oxygen atoms in total. The lowest BCUT2D eigenvalue weighted by Crippen LogP contribution is -2.52. The van der Waals surface area contributed by atoms with Gasteiger partial charge < -0.3 is 15.5 Å². The Kier molecular flexibility index (Phi) is 4.22. The number of amides is 2. The fourth-order valence-corrected chi connectivity index (χ4v) is 2.89. The van der Waals surface area contributed by atoms with E-state index in [1.807, 2.05) is 11.8 Å². The number of carbonyl (C=O) groups is 2. The van der Waals surface area contributed by atoms with Crippen molar-refractivity contribution in [3.63, 3.8) is 0 Å². The van der Waals surface area contributed by atoms with Gasteiger partial charge in [0.1, 0.15) is 6.04 Å². The zero-order chi connectivity index (χ0) is 13.1. The molecule has 0 radical (unpaired) electrons. The second kappa shape index (κ2) is 5.69. The van der Waals surface area contributed by atoms with Gasteiger partial charge in [-0.3, -0.25) is 9.59 Å². The molecule has 0 saturated carbocycles. The van der Waals surface area contributed by atoms with Crippen LogP contribution in [0.2, 0.25) is 0 Å². The molecule has 0 aromatic carbocycles. The van der Waals surface area contributed by atoms with Crippen LogP contribution < -0.4 is 5.73 Å². The van der Waals surface area contributed by atoms with Crippen LogP contribution in [0.4, 0.5) is 0 Å². The Balaban J connectivity index is 2.04. The van der Waals surface area contributed by atoms with Gasteiger partial charge in [0, 0.05) is 32.1 Å². The molecule has 18 heavy (non-hydrogen) atoms. The van der Waals surface area contributed by atoms with E-state index >= 15 is 0 Å². The largest absolute Gasteiger partial charge is 0.339 e. The SMILES string of the molecule is CCC(=O)N1CCCCC1C(=O)N1CC[C@@H](N)C1. The third-order valence-electron chi connectivity index (χ3n) is 3.95. The van der Waals surface area contributed by atoms with Crippen LogP contribution in [0.15, 0.2) is 0 Å². The van der Waals surface area contributed by atoms with Crippen molar-refractivity contribution in [2.75, 3.05) is 19.6 Å². The molecule has 0 aromatic heterocycles. The molecular formula is C13H23N3O2. The van der Waals surface area contributed by atoms with Gasteiger partial charge in [-0.1, -0.05) is 6.92 Å². The van der Waals surface area contributed by atoms with Crippen molar-refractivity contribution in [1.29, 1.82) is 0 Å². The number of nitrogens with two attached hydrogens (primary N) is 1. The molecule has 2 saturated heterocycles. The molecule has 102 valence electrons. The Morgan fingerprint density at radius 2 is 2.00 bits per heavy atom. The van der Waals surface area contributed by atoms with E-state index < -0.39 is 0 Å². The average Bonchev–Trinajstić information content (AvgIpc) is 2.83. The predicted molar refractivity (Wildman–Crippen MR) is 68.8 cm³/mol. The van der Waals surface area contributed by atoms with Crippen molar-refractivity contribution in [2.45, 2.75) is 51.1 Å². The van der Waals surface area contributed by atoms with Gasteiger partial charge in [-0.15, -0.1) is 0 Å². The summed E-state index contributed by atoms with van der Waals surface area (Å²) in [5.41, 5.74) is 5.84. The van der Waals surface area contributed by atoms with Gasteiger partial charge in [0.2, 0.25) is 11.8 Å². The highest BCUT2D eigenvalue weighted by Crippen LogP contribution is 2.21. The van der Waals surface area contributed by atoms with Crippen LogP contribution in [-0.2, 0) is 9.59 Å². The van der Waals surface area contributed by atoms with E-state index in [0.717, 1.165) is 38.8 Å². The molecular weight excluding hydrogens is 230 g/mol. The quantitative estimate of drug-likeness (QED) is 0.771. The summed E-state index contributed by atoms with van der Waals surface area (Å²) >= 11 is 0. The minimum Gasteiger partial charge on any atom is -0.339 e. The van der Waals surface area contributed by atoms with Crippen molar-refractivity contribution in [2.24, 2.45) is 5.73 Å². The van der Waals surface area contributed by atoms with Crippen LogP contribution in [0.25, 0.3) is 0 Å². The minimum absolute atomic E-state index is 0.0940.